The fraction of sp³-hybridized carbons (Fsp3) is 0.600. The molecule has 1 aromatic carbocycles. The maximum Gasteiger partial charge on any atom is 0.246 e. The number of hydrogen-bond acceptors (Lipinski definition) is 4. The molecule has 1 unspecified atom stereocenters. The van der Waals surface area contributed by atoms with Crippen LogP contribution in [0, 0.1) is 0 Å². The summed E-state index contributed by atoms with van der Waals surface area (Å²) in [6, 6.07) is 5.22. The number of carbonyl (C=O) groups is 2. The van der Waals surface area contributed by atoms with Gasteiger partial charge in [-0.05, 0) is 69.5 Å². The first-order valence-electron chi connectivity index (χ1n) is 11.9. The summed E-state index contributed by atoms with van der Waals surface area (Å²) in [6.45, 7) is 6.56. The van der Waals surface area contributed by atoms with Crippen molar-refractivity contribution in [2.24, 2.45) is 0 Å². The van der Waals surface area contributed by atoms with Crippen LogP contribution in [-0.2, 0) is 9.59 Å². The molecule has 2 aliphatic heterocycles. The number of carbonyl (C=O) groups excluding carboxylic acids is 2. The van der Waals surface area contributed by atoms with Crippen LogP contribution in [0.2, 0.25) is 10.0 Å². The highest BCUT2D eigenvalue weighted by molar-refractivity contribution is 6.42. The third kappa shape index (κ3) is 7.19. The molecule has 0 radical (unpaired) electrons. The number of halogens is 2. The Morgan fingerprint density at radius 3 is 2.64 bits per heavy atom. The molecule has 2 fully saturated rings. The van der Waals surface area contributed by atoms with Crippen molar-refractivity contribution >= 4 is 41.1 Å². The Morgan fingerprint density at radius 1 is 1.09 bits per heavy atom. The zero-order valence-electron chi connectivity index (χ0n) is 19.4. The van der Waals surface area contributed by atoms with Gasteiger partial charge in [-0.1, -0.05) is 35.7 Å². The molecule has 2 saturated heterocycles. The SMILES string of the molecule is CC1(CO)CCCCN1CCCCN1CCN(C(=O)C=Cc2ccc(Cl)c(Cl)c2)CCC1=O. The van der Waals surface area contributed by atoms with E-state index in [-0.39, 0.29) is 24.0 Å². The van der Waals surface area contributed by atoms with Gasteiger partial charge >= 0.3 is 0 Å². The monoisotopic (exact) mass is 495 g/mol. The van der Waals surface area contributed by atoms with Crippen LogP contribution in [0.4, 0.5) is 0 Å². The Kier molecular flexibility index (Phi) is 9.62. The summed E-state index contributed by atoms with van der Waals surface area (Å²) < 4.78 is 0. The lowest BCUT2D eigenvalue weighted by Crippen LogP contribution is -2.52. The molecule has 0 bridgehead atoms. The van der Waals surface area contributed by atoms with Gasteiger partial charge in [0.1, 0.15) is 0 Å². The highest BCUT2D eigenvalue weighted by atomic mass is 35.5. The predicted octanol–water partition coefficient (Wildman–Crippen LogP) is 4.08. The molecule has 0 aromatic heterocycles. The molecule has 0 aliphatic carbocycles. The van der Waals surface area contributed by atoms with E-state index in [4.69, 9.17) is 23.2 Å². The van der Waals surface area contributed by atoms with Crippen LogP contribution in [0.3, 0.4) is 0 Å². The fourth-order valence-corrected chi connectivity index (χ4v) is 4.92. The smallest absolute Gasteiger partial charge is 0.246 e. The lowest BCUT2D eigenvalue weighted by atomic mass is 9.89. The van der Waals surface area contributed by atoms with Gasteiger partial charge in [0, 0.05) is 44.2 Å². The number of nitrogens with zero attached hydrogens (tertiary/aromatic N) is 3. The molecule has 1 atom stereocenters. The molecule has 3 rings (SSSR count). The van der Waals surface area contributed by atoms with E-state index in [1.165, 1.54) is 18.9 Å². The minimum absolute atomic E-state index is 0.107. The van der Waals surface area contributed by atoms with Gasteiger partial charge in [0.05, 0.1) is 16.7 Å². The summed E-state index contributed by atoms with van der Waals surface area (Å²) in [5.41, 5.74) is 0.693. The molecule has 2 aliphatic rings. The molecule has 8 heteroatoms. The number of unbranched alkanes of at least 4 members (excludes halogenated alkanes) is 1. The highest BCUT2D eigenvalue weighted by Gasteiger charge is 2.33. The van der Waals surface area contributed by atoms with Crippen molar-refractivity contribution in [3.05, 3.63) is 39.9 Å². The normalized spacial score (nSPS) is 22.7. The summed E-state index contributed by atoms with van der Waals surface area (Å²) in [5.74, 6) is 0.000965. The number of hydrogen-bond donors (Lipinski definition) is 1. The van der Waals surface area contributed by atoms with Gasteiger partial charge in [-0.15, -0.1) is 0 Å². The minimum Gasteiger partial charge on any atom is -0.394 e. The number of likely N-dealkylation sites (tertiary alicyclic amines) is 1. The quantitative estimate of drug-likeness (QED) is 0.435. The van der Waals surface area contributed by atoms with Gasteiger partial charge in [0.15, 0.2) is 0 Å². The number of aliphatic hydroxyl groups is 1. The number of rotatable bonds is 8. The average Bonchev–Trinajstić information content (AvgIpc) is 3.00. The Bertz CT molecular complexity index is 863. The van der Waals surface area contributed by atoms with Crippen molar-refractivity contribution in [3.8, 4) is 0 Å². The van der Waals surface area contributed by atoms with Crippen molar-refractivity contribution < 1.29 is 14.7 Å². The second-order valence-corrected chi connectivity index (χ2v) is 10.1. The Morgan fingerprint density at radius 2 is 1.88 bits per heavy atom. The molecule has 33 heavy (non-hydrogen) atoms. The Balaban J connectivity index is 1.44. The van der Waals surface area contributed by atoms with E-state index in [1.807, 2.05) is 4.90 Å². The molecule has 2 heterocycles. The molecular weight excluding hydrogens is 461 g/mol. The van der Waals surface area contributed by atoms with Crippen molar-refractivity contribution in [3.63, 3.8) is 0 Å². The van der Waals surface area contributed by atoms with E-state index in [0.717, 1.165) is 37.9 Å². The van der Waals surface area contributed by atoms with Crippen LogP contribution >= 0.6 is 23.2 Å². The summed E-state index contributed by atoms with van der Waals surface area (Å²) in [7, 11) is 0. The van der Waals surface area contributed by atoms with E-state index >= 15 is 0 Å². The summed E-state index contributed by atoms with van der Waals surface area (Å²) >= 11 is 12.0. The van der Waals surface area contributed by atoms with E-state index < -0.39 is 0 Å². The van der Waals surface area contributed by atoms with E-state index in [9.17, 15) is 14.7 Å². The van der Waals surface area contributed by atoms with Gasteiger partial charge in [0.25, 0.3) is 0 Å². The molecule has 1 N–H and O–H groups in total. The van der Waals surface area contributed by atoms with Crippen LogP contribution in [0.5, 0.6) is 0 Å². The van der Waals surface area contributed by atoms with Gasteiger partial charge in [-0.25, -0.2) is 0 Å². The lowest BCUT2D eigenvalue weighted by molar-refractivity contribution is -0.130. The standard InChI is InChI=1S/C25H35Cl2N3O3/c1-25(19-31)11-2-3-13-30(25)14-5-4-12-28-16-17-29(15-10-24(28)33)23(32)9-7-20-6-8-21(26)22(27)18-20/h6-9,18,31H,2-5,10-17,19H2,1H3. The fourth-order valence-electron chi connectivity index (χ4n) is 4.62. The summed E-state index contributed by atoms with van der Waals surface area (Å²) in [5, 5.41) is 10.7. The lowest BCUT2D eigenvalue weighted by Gasteiger charge is -2.44. The van der Waals surface area contributed by atoms with E-state index in [2.05, 4.69) is 11.8 Å². The number of aliphatic hydroxyl groups excluding tert-OH is 1. The van der Waals surface area contributed by atoms with Crippen LogP contribution in [0.15, 0.2) is 24.3 Å². The van der Waals surface area contributed by atoms with Crippen molar-refractivity contribution in [2.45, 2.75) is 51.0 Å². The van der Waals surface area contributed by atoms with Crippen LogP contribution in [-0.4, -0.2) is 83.0 Å². The second-order valence-electron chi connectivity index (χ2n) is 9.27. The topological polar surface area (TPSA) is 64.1 Å². The molecule has 2 amide bonds. The first-order valence-corrected chi connectivity index (χ1v) is 12.6. The highest BCUT2D eigenvalue weighted by Crippen LogP contribution is 2.27. The molecule has 182 valence electrons. The van der Waals surface area contributed by atoms with Crippen LogP contribution < -0.4 is 0 Å². The molecular formula is C25H35Cl2N3O3. The minimum atomic E-state index is -0.109. The van der Waals surface area contributed by atoms with Gasteiger partial charge < -0.3 is 14.9 Å². The van der Waals surface area contributed by atoms with Crippen molar-refractivity contribution in [1.29, 1.82) is 0 Å². The number of piperidine rings is 1. The third-order valence-electron chi connectivity index (χ3n) is 6.87. The summed E-state index contributed by atoms with van der Waals surface area (Å²) in [6.07, 6.45) is 8.91. The first-order chi connectivity index (χ1) is 15.8. The Labute approximate surface area is 207 Å². The maximum absolute atomic E-state index is 12.6. The van der Waals surface area contributed by atoms with E-state index in [0.29, 0.717) is 42.6 Å². The predicted molar refractivity (Wildman–Crippen MR) is 133 cm³/mol. The first kappa shape index (κ1) is 26.0. The zero-order valence-corrected chi connectivity index (χ0v) is 21.0. The molecule has 0 spiro atoms. The molecule has 0 saturated carbocycles. The summed E-state index contributed by atoms with van der Waals surface area (Å²) in [4.78, 5) is 31.2. The third-order valence-corrected chi connectivity index (χ3v) is 7.60. The largest absolute Gasteiger partial charge is 0.394 e. The van der Waals surface area contributed by atoms with Gasteiger partial charge in [-0.3, -0.25) is 14.5 Å². The van der Waals surface area contributed by atoms with Crippen LogP contribution in [0.1, 0.15) is 51.0 Å². The van der Waals surface area contributed by atoms with Crippen LogP contribution in [0.25, 0.3) is 6.08 Å². The molecule has 6 nitrogen and oxygen atoms in total. The van der Waals surface area contributed by atoms with Gasteiger partial charge in [-0.2, -0.15) is 0 Å². The van der Waals surface area contributed by atoms with Gasteiger partial charge in [0.2, 0.25) is 11.8 Å². The molecule has 1 aromatic rings. The Hall–Kier alpha value is -1.60. The van der Waals surface area contributed by atoms with Crippen molar-refractivity contribution in [2.75, 3.05) is 45.9 Å². The van der Waals surface area contributed by atoms with Crippen molar-refractivity contribution in [1.82, 2.24) is 14.7 Å². The second kappa shape index (κ2) is 12.2. The number of amides is 2. The van der Waals surface area contributed by atoms with E-state index in [1.54, 1.807) is 29.2 Å². The maximum atomic E-state index is 12.6. The zero-order chi connectivity index (χ0) is 23.8. The average molecular weight is 496 g/mol. The number of benzene rings is 1.